The highest BCUT2D eigenvalue weighted by atomic mass is 32.2. The predicted octanol–water partition coefficient (Wildman–Crippen LogP) is 0.422. The summed E-state index contributed by atoms with van der Waals surface area (Å²) in [4.78, 5) is 13.8. The number of carbonyl (C=O) groups is 1. The normalized spacial score (nSPS) is 10.7. The van der Waals surface area contributed by atoms with Gasteiger partial charge in [0.15, 0.2) is 0 Å². The third kappa shape index (κ3) is 5.21. The molecule has 21 heavy (non-hydrogen) atoms. The van der Waals surface area contributed by atoms with Crippen molar-refractivity contribution in [3.8, 4) is 11.8 Å². The lowest BCUT2D eigenvalue weighted by Crippen LogP contribution is -2.32. The van der Waals surface area contributed by atoms with Crippen molar-refractivity contribution in [3.63, 3.8) is 0 Å². The second-order valence-electron chi connectivity index (χ2n) is 4.84. The second-order valence-corrected chi connectivity index (χ2v) is 7.10. The van der Waals surface area contributed by atoms with E-state index < -0.39 is 9.84 Å². The van der Waals surface area contributed by atoms with Crippen molar-refractivity contribution < 1.29 is 13.2 Å². The van der Waals surface area contributed by atoms with Crippen LogP contribution >= 0.6 is 0 Å². The SMILES string of the molecule is Cc1c(C#CCN)cccc1C(=O)N(C)CCS(C)(=O)=O. The van der Waals surface area contributed by atoms with Gasteiger partial charge >= 0.3 is 0 Å². The molecule has 6 heteroatoms. The molecule has 0 bridgehead atoms. The molecule has 1 aromatic carbocycles. The molecule has 1 rings (SSSR count). The number of nitrogens with zero attached hydrogens (tertiary/aromatic N) is 1. The van der Waals surface area contributed by atoms with E-state index in [9.17, 15) is 13.2 Å². The van der Waals surface area contributed by atoms with Crippen LogP contribution in [0.2, 0.25) is 0 Å². The van der Waals surface area contributed by atoms with Crippen LogP contribution in [-0.2, 0) is 9.84 Å². The molecule has 0 spiro atoms. The molecular weight excluding hydrogens is 288 g/mol. The fraction of sp³-hybridized carbons (Fsp3) is 0.400. The molecule has 1 aromatic rings. The van der Waals surface area contributed by atoms with Crippen LogP contribution in [0.15, 0.2) is 18.2 Å². The van der Waals surface area contributed by atoms with Gasteiger partial charge in [-0.25, -0.2) is 8.42 Å². The Hall–Kier alpha value is -1.84. The van der Waals surface area contributed by atoms with E-state index in [1.807, 2.05) is 13.0 Å². The first-order chi connectivity index (χ1) is 9.76. The lowest BCUT2D eigenvalue weighted by Gasteiger charge is -2.18. The maximum Gasteiger partial charge on any atom is 0.253 e. The van der Waals surface area contributed by atoms with E-state index in [4.69, 9.17) is 5.73 Å². The van der Waals surface area contributed by atoms with Gasteiger partial charge < -0.3 is 10.6 Å². The monoisotopic (exact) mass is 308 g/mol. The number of hydrogen-bond acceptors (Lipinski definition) is 4. The van der Waals surface area contributed by atoms with Crippen molar-refractivity contribution >= 4 is 15.7 Å². The van der Waals surface area contributed by atoms with Crippen LogP contribution in [0.3, 0.4) is 0 Å². The van der Waals surface area contributed by atoms with E-state index in [0.717, 1.165) is 17.4 Å². The zero-order valence-corrected chi connectivity index (χ0v) is 13.3. The molecule has 0 aliphatic rings. The van der Waals surface area contributed by atoms with E-state index >= 15 is 0 Å². The Balaban J connectivity index is 2.97. The van der Waals surface area contributed by atoms with Crippen molar-refractivity contribution in [1.82, 2.24) is 4.90 Å². The summed E-state index contributed by atoms with van der Waals surface area (Å²) < 4.78 is 22.3. The standard InChI is InChI=1S/C15H20N2O3S/c1-12-13(7-5-9-16)6-4-8-14(12)15(18)17(2)10-11-21(3,19)20/h4,6,8H,9-11,16H2,1-3H3. The third-order valence-electron chi connectivity index (χ3n) is 3.03. The van der Waals surface area contributed by atoms with Crippen molar-refractivity contribution in [2.45, 2.75) is 6.92 Å². The zero-order chi connectivity index (χ0) is 16.0. The number of hydrogen-bond donors (Lipinski definition) is 1. The highest BCUT2D eigenvalue weighted by Gasteiger charge is 2.16. The van der Waals surface area contributed by atoms with Gasteiger partial charge in [-0.2, -0.15) is 0 Å². The predicted molar refractivity (Wildman–Crippen MR) is 83.8 cm³/mol. The fourth-order valence-electron chi connectivity index (χ4n) is 1.76. The second kappa shape index (κ2) is 7.25. The Labute approximate surface area is 126 Å². The molecular formula is C15H20N2O3S. The van der Waals surface area contributed by atoms with E-state index in [-0.39, 0.29) is 24.7 Å². The van der Waals surface area contributed by atoms with Crippen LogP contribution in [0, 0.1) is 18.8 Å². The van der Waals surface area contributed by atoms with Crippen LogP contribution in [-0.4, -0.2) is 51.4 Å². The van der Waals surface area contributed by atoms with Gasteiger partial charge in [-0.1, -0.05) is 17.9 Å². The van der Waals surface area contributed by atoms with Gasteiger partial charge in [-0.05, 0) is 24.6 Å². The third-order valence-corrected chi connectivity index (χ3v) is 3.96. The summed E-state index contributed by atoms with van der Waals surface area (Å²) >= 11 is 0. The average Bonchev–Trinajstić information content (AvgIpc) is 2.42. The Morgan fingerprint density at radius 3 is 2.62 bits per heavy atom. The van der Waals surface area contributed by atoms with Gasteiger partial charge in [0.05, 0.1) is 12.3 Å². The Morgan fingerprint density at radius 1 is 1.38 bits per heavy atom. The summed E-state index contributed by atoms with van der Waals surface area (Å²) in [7, 11) is -1.51. The summed E-state index contributed by atoms with van der Waals surface area (Å²) in [6, 6.07) is 5.29. The molecule has 1 amide bonds. The number of nitrogens with two attached hydrogens (primary N) is 1. The maximum atomic E-state index is 12.4. The summed E-state index contributed by atoms with van der Waals surface area (Å²) in [6.07, 6.45) is 1.15. The number of benzene rings is 1. The van der Waals surface area contributed by atoms with Crippen molar-refractivity contribution in [1.29, 1.82) is 0 Å². The lowest BCUT2D eigenvalue weighted by atomic mass is 10.0. The average molecular weight is 308 g/mol. The fourth-order valence-corrected chi connectivity index (χ4v) is 2.36. The summed E-state index contributed by atoms with van der Waals surface area (Å²) in [5.41, 5.74) is 7.40. The molecule has 5 nitrogen and oxygen atoms in total. The van der Waals surface area contributed by atoms with Gasteiger partial charge in [-0.3, -0.25) is 4.79 Å². The van der Waals surface area contributed by atoms with Crippen LogP contribution < -0.4 is 5.73 Å². The number of carbonyl (C=O) groups excluding carboxylic acids is 1. The molecule has 0 aromatic heterocycles. The van der Waals surface area contributed by atoms with E-state index in [1.54, 1.807) is 19.2 Å². The van der Waals surface area contributed by atoms with Crippen molar-refractivity contribution in [2.24, 2.45) is 5.73 Å². The molecule has 0 radical (unpaired) electrons. The Morgan fingerprint density at radius 2 is 2.05 bits per heavy atom. The Bertz CT molecular complexity index is 685. The molecule has 0 heterocycles. The molecule has 0 unspecified atom stereocenters. The van der Waals surface area contributed by atoms with Gasteiger partial charge in [-0.15, -0.1) is 0 Å². The summed E-state index contributed by atoms with van der Waals surface area (Å²) in [6.45, 7) is 2.24. The number of rotatable bonds is 4. The summed E-state index contributed by atoms with van der Waals surface area (Å²) in [5, 5.41) is 0. The van der Waals surface area contributed by atoms with E-state index in [0.29, 0.717) is 5.56 Å². The molecule has 114 valence electrons. The van der Waals surface area contributed by atoms with Gasteiger partial charge in [0.2, 0.25) is 0 Å². The van der Waals surface area contributed by atoms with Crippen LogP contribution in [0.4, 0.5) is 0 Å². The maximum absolute atomic E-state index is 12.4. The van der Waals surface area contributed by atoms with Gasteiger partial charge in [0, 0.05) is 31.0 Å². The van der Waals surface area contributed by atoms with E-state index in [1.165, 1.54) is 4.90 Å². The van der Waals surface area contributed by atoms with Crippen LogP contribution in [0.25, 0.3) is 0 Å². The molecule has 0 fully saturated rings. The summed E-state index contributed by atoms with van der Waals surface area (Å²) in [5.74, 6) is 5.41. The molecule has 0 aliphatic heterocycles. The molecule has 0 saturated carbocycles. The van der Waals surface area contributed by atoms with Gasteiger partial charge in [0.25, 0.3) is 5.91 Å². The molecule has 2 N–H and O–H groups in total. The number of amides is 1. The van der Waals surface area contributed by atoms with Crippen molar-refractivity contribution in [2.75, 3.05) is 32.1 Å². The molecule has 0 aliphatic carbocycles. The Kier molecular flexibility index (Phi) is 5.94. The first-order valence-electron chi connectivity index (χ1n) is 6.48. The highest BCUT2D eigenvalue weighted by molar-refractivity contribution is 7.90. The molecule has 0 saturated heterocycles. The van der Waals surface area contributed by atoms with Crippen molar-refractivity contribution in [3.05, 3.63) is 34.9 Å². The van der Waals surface area contributed by atoms with Crippen LogP contribution in [0.1, 0.15) is 21.5 Å². The topological polar surface area (TPSA) is 80.5 Å². The minimum absolute atomic E-state index is 0.0546. The van der Waals surface area contributed by atoms with Crippen LogP contribution in [0.5, 0.6) is 0 Å². The van der Waals surface area contributed by atoms with Gasteiger partial charge in [0.1, 0.15) is 9.84 Å². The molecule has 0 atom stereocenters. The largest absolute Gasteiger partial charge is 0.341 e. The minimum Gasteiger partial charge on any atom is -0.341 e. The quantitative estimate of drug-likeness (QED) is 0.818. The minimum atomic E-state index is -3.10. The highest BCUT2D eigenvalue weighted by Crippen LogP contribution is 2.14. The smallest absolute Gasteiger partial charge is 0.253 e. The lowest BCUT2D eigenvalue weighted by molar-refractivity contribution is 0.0802. The number of sulfone groups is 1. The van der Waals surface area contributed by atoms with E-state index in [2.05, 4.69) is 11.8 Å². The zero-order valence-electron chi connectivity index (χ0n) is 12.5. The first-order valence-corrected chi connectivity index (χ1v) is 8.54. The first kappa shape index (κ1) is 17.2.